The van der Waals surface area contributed by atoms with Gasteiger partial charge in [0.25, 0.3) is 12.0 Å². The van der Waals surface area contributed by atoms with Gasteiger partial charge >= 0.3 is 11.7 Å². The molecule has 0 saturated carbocycles. The largest absolute Gasteiger partial charge is 0.480 e. The van der Waals surface area contributed by atoms with Gasteiger partial charge in [0.2, 0.25) is 0 Å². The van der Waals surface area contributed by atoms with E-state index < -0.39 is 47.6 Å². The molecular formula is C16H25F2N7O6. The second-order valence-corrected chi connectivity index (χ2v) is 6.84. The fourth-order valence-corrected chi connectivity index (χ4v) is 2.74. The highest BCUT2D eigenvalue weighted by Crippen LogP contribution is 2.29. The fourth-order valence-electron chi connectivity index (χ4n) is 2.74. The maximum Gasteiger partial charge on any atom is 0.330 e. The molecule has 2 rings (SSSR count). The molecule has 174 valence electrons. The second kappa shape index (κ2) is 11.5. The van der Waals surface area contributed by atoms with Crippen LogP contribution in [0.4, 0.5) is 8.78 Å². The lowest BCUT2D eigenvalue weighted by atomic mass is 9.95. The Morgan fingerprint density at radius 1 is 1.55 bits per heavy atom. The quantitative estimate of drug-likeness (QED) is 0.198. The van der Waals surface area contributed by atoms with E-state index >= 15 is 0 Å². The smallest absolute Gasteiger partial charge is 0.330 e. The topological polar surface area (TPSA) is 222 Å². The van der Waals surface area contributed by atoms with Gasteiger partial charge < -0.3 is 26.4 Å². The first-order valence-corrected chi connectivity index (χ1v) is 9.14. The van der Waals surface area contributed by atoms with E-state index in [0.29, 0.717) is 5.56 Å². The van der Waals surface area contributed by atoms with Crippen molar-refractivity contribution in [2.24, 2.45) is 16.6 Å². The Labute approximate surface area is 174 Å². The summed E-state index contributed by atoms with van der Waals surface area (Å²) < 4.78 is 30.9. The number of carboxylic acids is 1. The number of aromatic nitrogens is 2. The number of ether oxygens (including phenoxy) is 1. The van der Waals surface area contributed by atoms with Crippen LogP contribution in [-0.4, -0.2) is 63.0 Å². The van der Waals surface area contributed by atoms with Crippen molar-refractivity contribution >= 4 is 5.97 Å². The first-order chi connectivity index (χ1) is 14.5. The van der Waals surface area contributed by atoms with Gasteiger partial charge in [-0.05, 0) is 31.8 Å². The first-order valence-electron chi connectivity index (χ1n) is 9.14. The van der Waals surface area contributed by atoms with Crippen LogP contribution in [0.5, 0.6) is 0 Å². The number of aromatic amines is 1. The molecule has 7 N–H and O–H groups in total. The van der Waals surface area contributed by atoms with Crippen molar-refractivity contribution in [2.45, 2.75) is 56.5 Å². The van der Waals surface area contributed by atoms with Crippen LogP contribution in [0.2, 0.25) is 0 Å². The van der Waals surface area contributed by atoms with E-state index in [-0.39, 0.29) is 32.4 Å². The third-order valence-electron chi connectivity index (χ3n) is 4.62. The van der Waals surface area contributed by atoms with E-state index in [1.165, 1.54) is 10.8 Å². The average Bonchev–Trinajstić information content (AvgIpc) is 3.12. The molecule has 0 aliphatic carbocycles. The van der Waals surface area contributed by atoms with Gasteiger partial charge in [0, 0.05) is 23.1 Å². The summed E-state index contributed by atoms with van der Waals surface area (Å²) >= 11 is 0. The number of halogens is 2. The number of aliphatic carboxylic acids is 1. The molecule has 31 heavy (non-hydrogen) atoms. The molecule has 1 aromatic rings. The Balaban J connectivity index is 0.000000348. The lowest BCUT2D eigenvalue weighted by molar-refractivity contribution is -0.150. The molecule has 0 amide bonds. The highest BCUT2D eigenvalue weighted by molar-refractivity contribution is 5.79. The molecule has 0 spiro atoms. The van der Waals surface area contributed by atoms with Crippen molar-refractivity contribution < 1.29 is 28.5 Å². The van der Waals surface area contributed by atoms with Crippen LogP contribution in [0.15, 0.2) is 20.9 Å². The summed E-state index contributed by atoms with van der Waals surface area (Å²) in [5.74, 6) is -1.69. The molecule has 1 fully saturated rings. The van der Waals surface area contributed by atoms with Crippen LogP contribution in [0.25, 0.3) is 10.4 Å². The zero-order valence-electron chi connectivity index (χ0n) is 16.6. The maximum absolute atomic E-state index is 12.1. The van der Waals surface area contributed by atoms with Crippen molar-refractivity contribution in [3.05, 3.63) is 43.0 Å². The van der Waals surface area contributed by atoms with Gasteiger partial charge in [0.1, 0.15) is 6.23 Å². The van der Waals surface area contributed by atoms with Crippen LogP contribution < -0.4 is 22.7 Å². The predicted octanol–water partition coefficient (Wildman–Crippen LogP) is -0.424. The van der Waals surface area contributed by atoms with Gasteiger partial charge in [-0.3, -0.25) is 14.3 Å². The summed E-state index contributed by atoms with van der Waals surface area (Å²) in [5.41, 5.74) is 15.3. The number of nitrogens with zero attached hydrogens (tertiary/aromatic N) is 4. The number of azide groups is 1. The van der Waals surface area contributed by atoms with Crippen molar-refractivity contribution in [1.82, 2.24) is 9.55 Å². The summed E-state index contributed by atoms with van der Waals surface area (Å²) in [6.07, 6.45) is -2.87. The van der Waals surface area contributed by atoms with E-state index in [2.05, 4.69) is 15.0 Å². The van der Waals surface area contributed by atoms with Gasteiger partial charge in [-0.25, -0.2) is 18.4 Å². The number of aliphatic hydroxyl groups is 1. The molecule has 4 atom stereocenters. The van der Waals surface area contributed by atoms with E-state index in [0.717, 1.165) is 0 Å². The van der Waals surface area contributed by atoms with Gasteiger partial charge in [0.15, 0.2) is 5.54 Å². The molecule has 1 aliphatic heterocycles. The number of hydrogen-bond acceptors (Lipinski definition) is 8. The number of aryl methyl sites for hydroxylation is 1. The molecule has 1 saturated heterocycles. The normalized spacial score (nSPS) is 22.2. The Kier molecular flexibility index (Phi) is 9.74. The van der Waals surface area contributed by atoms with Gasteiger partial charge in [0.05, 0.1) is 18.8 Å². The van der Waals surface area contributed by atoms with Crippen molar-refractivity contribution in [3.8, 4) is 0 Å². The summed E-state index contributed by atoms with van der Waals surface area (Å²) in [7, 11) is 0. The maximum atomic E-state index is 12.1. The molecule has 2 heterocycles. The van der Waals surface area contributed by atoms with Crippen molar-refractivity contribution in [3.63, 3.8) is 0 Å². The summed E-state index contributed by atoms with van der Waals surface area (Å²) in [6, 6.07) is -0.542. The Bertz CT molecular complexity index is 916. The monoisotopic (exact) mass is 449 g/mol. The number of nitrogens with one attached hydrogen (secondary N) is 1. The van der Waals surface area contributed by atoms with Crippen LogP contribution in [-0.2, 0) is 9.53 Å². The Morgan fingerprint density at radius 2 is 2.19 bits per heavy atom. The molecule has 0 bridgehead atoms. The lowest BCUT2D eigenvalue weighted by Crippen LogP contribution is -2.54. The van der Waals surface area contributed by atoms with Crippen LogP contribution in [0.1, 0.15) is 31.1 Å². The molecule has 1 aliphatic rings. The van der Waals surface area contributed by atoms with Crippen LogP contribution in [0.3, 0.4) is 0 Å². The van der Waals surface area contributed by atoms with Gasteiger partial charge in [-0.1, -0.05) is 5.11 Å². The molecular weight excluding hydrogens is 424 g/mol. The number of carbonyl (C=O) groups is 1. The number of rotatable bonds is 8. The summed E-state index contributed by atoms with van der Waals surface area (Å²) in [6.45, 7) is 1.41. The lowest BCUT2D eigenvalue weighted by Gasteiger charge is -2.22. The predicted molar refractivity (Wildman–Crippen MR) is 103 cm³/mol. The first kappa shape index (κ1) is 26.2. The van der Waals surface area contributed by atoms with Crippen molar-refractivity contribution in [2.75, 3.05) is 13.2 Å². The summed E-state index contributed by atoms with van der Waals surface area (Å²) in [4.78, 5) is 38.2. The van der Waals surface area contributed by atoms with Gasteiger partial charge in [-0.2, -0.15) is 0 Å². The fraction of sp³-hybridized carbons (Fsp3) is 0.688. The highest BCUT2D eigenvalue weighted by Gasteiger charge is 2.43. The van der Waals surface area contributed by atoms with Gasteiger partial charge in [-0.15, -0.1) is 0 Å². The van der Waals surface area contributed by atoms with E-state index in [1.807, 2.05) is 0 Å². The number of alkyl halides is 2. The third-order valence-corrected chi connectivity index (χ3v) is 4.62. The van der Waals surface area contributed by atoms with E-state index in [9.17, 15) is 23.2 Å². The number of nitrogens with two attached hydrogens (primary N) is 2. The number of carboxylic acid groups (broad SMARTS) is 1. The standard InChI is InChI=1S/C10H13N5O4.C6H12F2N2O2/c1-5-3-15(10(18)12-9(5)17)8-2-6(13-14-11)7(4-16)19-8;7-4(8)6(10,5(11)12)2-1-3-9/h3,6-8,16H,2,4H2,1H3,(H,12,17,18);4H,1-3,9-10H2,(H,11,12)/t6-,7+,8+;/m0./s1. The third kappa shape index (κ3) is 6.57. The molecule has 1 aromatic heterocycles. The molecule has 0 radical (unpaired) electrons. The SMILES string of the molecule is Cc1cn([C@H]2C[C@H](N=[N+]=[N-])[C@@H](CO)O2)c(=O)[nH]c1=O.NCCCC(N)(C(=O)O)C(F)F. The minimum atomic E-state index is -3.07. The molecule has 1 unspecified atom stereocenters. The zero-order chi connectivity index (χ0) is 23.8. The number of hydrogen-bond donors (Lipinski definition) is 5. The Morgan fingerprint density at radius 3 is 2.68 bits per heavy atom. The summed E-state index contributed by atoms with van der Waals surface area (Å²) in [5, 5.41) is 21.1. The zero-order valence-corrected chi connectivity index (χ0v) is 16.6. The van der Waals surface area contributed by atoms with E-state index in [4.69, 9.17) is 31.9 Å². The second-order valence-electron chi connectivity index (χ2n) is 6.84. The van der Waals surface area contributed by atoms with Crippen molar-refractivity contribution in [1.29, 1.82) is 0 Å². The highest BCUT2D eigenvalue weighted by atomic mass is 19.3. The van der Waals surface area contributed by atoms with E-state index in [1.54, 1.807) is 6.92 Å². The minimum Gasteiger partial charge on any atom is -0.480 e. The number of H-pyrrole nitrogens is 1. The van der Waals surface area contributed by atoms with Crippen LogP contribution in [0, 0.1) is 6.92 Å². The van der Waals surface area contributed by atoms with Crippen LogP contribution >= 0.6 is 0 Å². The average molecular weight is 449 g/mol. The Hall–Kier alpha value is -2.84. The molecule has 13 nitrogen and oxygen atoms in total. The molecule has 0 aromatic carbocycles. The molecule has 15 heteroatoms. The minimum absolute atomic E-state index is 0.152. The number of aliphatic hydroxyl groups excluding tert-OH is 1.